The van der Waals surface area contributed by atoms with Gasteiger partial charge in [-0.15, -0.1) is 0 Å². The second-order valence-electron chi connectivity index (χ2n) is 8.37. The maximum absolute atomic E-state index is 13.2. The van der Waals surface area contributed by atoms with Gasteiger partial charge < -0.3 is 4.90 Å². The lowest BCUT2D eigenvalue weighted by molar-refractivity contribution is -0.118. The molecule has 1 aliphatic carbocycles. The SMILES string of the molecule is O=C(CC1CCCCC1)N=C1S[C@@H]2CS(=O)(=O)C[C@@H]2N1CCc1ccc(F)cc1. The molecule has 2 aliphatic heterocycles. The first-order valence-electron chi connectivity index (χ1n) is 10.4. The number of benzene rings is 1. The Bertz CT molecular complexity index is 880. The van der Waals surface area contributed by atoms with Gasteiger partial charge in [-0.2, -0.15) is 4.99 Å². The number of nitrogens with zero attached hydrogens (tertiary/aromatic N) is 2. The normalized spacial score (nSPS) is 28.0. The molecule has 4 rings (SSSR count). The number of amidine groups is 1. The van der Waals surface area contributed by atoms with Crippen molar-refractivity contribution < 1.29 is 17.6 Å². The molecule has 1 aromatic rings. The van der Waals surface area contributed by atoms with Gasteiger partial charge in [0, 0.05) is 18.2 Å². The highest BCUT2D eigenvalue weighted by molar-refractivity contribution is 8.15. The van der Waals surface area contributed by atoms with Crippen LogP contribution in [0.5, 0.6) is 0 Å². The third-order valence-corrected chi connectivity index (χ3v) is 9.39. The summed E-state index contributed by atoms with van der Waals surface area (Å²) in [5.41, 5.74) is 0.980. The third-order valence-electron chi connectivity index (χ3n) is 6.14. The van der Waals surface area contributed by atoms with E-state index < -0.39 is 9.84 Å². The van der Waals surface area contributed by atoms with Crippen LogP contribution in [-0.2, 0) is 21.1 Å². The van der Waals surface area contributed by atoms with Crippen LogP contribution >= 0.6 is 11.8 Å². The lowest BCUT2D eigenvalue weighted by Crippen LogP contribution is -2.39. The Morgan fingerprint density at radius 1 is 1.14 bits per heavy atom. The fourth-order valence-corrected chi connectivity index (χ4v) is 8.58. The number of sulfone groups is 1. The van der Waals surface area contributed by atoms with Crippen LogP contribution < -0.4 is 0 Å². The second kappa shape index (κ2) is 8.76. The van der Waals surface area contributed by atoms with Crippen molar-refractivity contribution in [3.05, 3.63) is 35.6 Å². The number of rotatable bonds is 5. The fraction of sp³-hybridized carbons (Fsp3) is 0.619. The minimum absolute atomic E-state index is 0.0607. The molecule has 158 valence electrons. The van der Waals surface area contributed by atoms with E-state index in [1.54, 1.807) is 12.1 Å². The molecule has 2 saturated heterocycles. The Labute approximate surface area is 176 Å². The zero-order valence-corrected chi connectivity index (χ0v) is 18.1. The summed E-state index contributed by atoms with van der Waals surface area (Å²) >= 11 is 1.44. The molecule has 2 heterocycles. The third kappa shape index (κ3) is 5.20. The van der Waals surface area contributed by atoms with Crippen LogP contribution in [0.15, 0.2) is 29.3 Å². The van der Waals surface area contributed by atoms with Gasteiger partial charge in [0.15, 0.2) is 15.0 Å². The summed E-state index contributed by atoms with van der Waals surface area (Å²) < 4.78 is 37.4. The van der Waals surface area contributed by atoms with E-state index in [0.717, 1.165) is 18.4 Å². The average molecular weight is 439 g/mol. The number of hydrogen-bond donors (Lipinski definition) is 0. The number of hydrogen-bond acceptors (Lipinski definition) is 4. The molecule has 1 amide bonds. The van der Waals surface area contributed by atoms with Crippen molar-refractivity contribution >= 4 is 32.7 Å². The number of fused-ring (bicyclic) bond motifs is 1. The highest BCUT2D eigenvalue weighted by Gasteiger charge is 2.48. The molecule has 29 heavy (non-hydrogen) atoms. The van der Waals surface area contributed by atoms with Crippen LogP contribution in [0, 0.1) is 11.7 Å². The smallest absolute Gasteiger partial charge is 0.248 e. The average Bonchev–Trinajstić information content (AvgIpc) is 3.13. The Balaban J connectivity index is 1.46. The Hall–Kier alpha value is -1.41. The summed E-state index contributed by atoms with van der Waals surface area (Å²) in [6.45, 7) is 0.574. The standard InChI is InChI=1S/C21H27FN2O3S2/c22-17-8-6-15(7-9-17)10-11-24-18-13-29(26,27)14-19(18)28-21(24)23-20(25)12-16-4-2-1-3-5-16/h6-9,16,18-19H,1-5,10-14H2/t18-,19+/m0/s1. The second-order valence-corrected chi connectivity index (χ2v) is 11.7. The van der Waals surface area contributed by atoms with Crippen molar-refractivity contribution in [1.29, 1.82) is 0 Å². The van der Waals surface area contributed by atoms with Crippen molar-refractivity contribution in [1.82, 2.24) is 4.90 Å². The molecule has 1 saturated carbocycles. The summed E-state index contributed by atoms with van der Waals surface area (Å²) in [7, 11) is -3.05. The number of carbonyl (C=O) groups excluding carboxylic acids is 1. The van der Waals surface area contributed by atoms with Crippen molar-refractivity contribution in [2.24, 2.45) is 10.9 Å². The zero-order chi connectivity index (χ0) is 20.4. The first-order valence-corrected chi connectivity index (χ1v) is 13.1. The van der Waals surface area contributed by atoms with E-state index in [0.29, 0.717) is 30.5 Å². The zero-order valence-electron chi connectivity index (χ0n) is 16.4. The minimum atomic E-state index is -3.05. The molecule has 0 unspecified atom stereocenters. The molecule has 0 aromatic heterocycles. The fourth-order valence-electron chi connectivity index (χ4n) is 4.59. The first kappa shape index (κ1) is 20.8. The highest BCUT2D eigenvalue weighted by atomic mass is 32.2. The Kier molecular flexibility index (Phi) is 6.30. The van der Waals surface area contributed by atoms with Crippen LogP contribution in [0.2, 0.25) is 0 Å². The predicted molar refractivity (Wildman–Crippen MR) is 114 cm³/mol. The van der Waals surface area contributed by atoms with Crippen LogP contribution in [0.1, 0.15) is 44.1 Å². The van der Waals surface area contributed by atoms with Crippen molar-refractivity contribution in [2.75, 3.05) is 18.1 Å². The van der Waals surface area contributed by atoms with Gasteiger partial charge in [0.2, 0.25) is 5.91 Å². The van der Waals surface area contributed by atoms with Crippen molar-refractivity contribution in [2.45, 2.75) is 56.2 Å². The Morgan fingerprint density at radius 3 is 2.59 bits per heavy atom. The molecule has 0 bridgehead atoms. The van der Waals surface area contributed by atoms with Gasteiger partial charge in [-0.25, -0.2) is 12.8 Å². The molecule has 0 spiro atoms. The van der Waals surface area contributed by atoms with Crippen molar-refractivity contribution in [3.8, 4) is 0 Å². The van der Waals surface area contributed by atoms with E-state index in [9.17, 15) is 17.6 Å². The van der Waals surface area contributed by atoms with E-state index in [1.165, 1.54) is 43.2 Å². The van der Waals surface area contributed by atoms with E-state index in [4.69, 9.17) is 0 Å². The van der Waals surface area contributed by atoms with E-state index in [1.807, 2.05) is 4.90 Å². The molecule has 0 N–H and O–H groups in total. The molecule has 3 aliphatic rings. The molecule has 5 nitrogen and oxygen atoms in total. The number of aliphatic imine (C=N–C) groups is 1. The van der Waals surface area contributed by atoms with Gasteiger partial charge >= 0.3 is 0 Å². The topological polar surface area (TPSA) is 66.8 Å². The van der Waals surface area contributed by atoms with E-state index in [2.05, 4.69) is 4.99 Å². The number of carbonyl (C=O) groups is 1. The predicted octanol–water partition coefficient (Wildman–Crippen LogP) is 3.44. The lowest BCUT2D eigenvalue weighted by atomic mass is 9.87. The van der Waals surface area contributed by atoms with Crippen LogP contribution in [-0.4, -0.2) is 53.7 Å². The van der Waals surface area contributed by atoms with Crippen molar-refractivity contribution in [3.63, 3.8) is 0 Å². The van der Waals surface area contributed by atoms with Gasteiger partial charge in [-0.1, -0.05) is 43.2 Å². The van der Waals surface area contributed by atoms with Crippen LogP contribution in [0.3, 0.4) is 0 Å². The summed E-state index contributed by atoms with van der Waals surface area (Å²) in [4.78, 5) is 19.0. The highest BCUT2D eigenvalue weighted by Crippen LogP contribution is 2.38. The van der Waals surface area contributed by atoms with Gasteiger partial charge in [-0.3, -0.25) is 4.79 Å². The summed E-state index contributed by atoms with van der Waals surface area (Å²) in [5.74, 6) is 0.325. The van der Waals surface area contributed by atoms with Crippen LogP contribution in [0.25, 0.3) is 0 Å². The van der Waals surface area contributed by atoms with Gasteiger partial charge in [0.05, 0.1) is 17.5 Å². The molecule has 3 fully saturated rings. The van der Waals surface area contributed by atoms with E-state index >= 15 is 0 Å². The number of thioether (sulfide) groups is 1. The molecule has 2 atom stereocenters. The van der Waals surface area contributed by atoms with Gasteiger partial charge in [-0.05, 0) is 42.9 Å². The monoisotopic (exact) mass is 438 g/mol. The molecule has 8 heteroatoms. The maximum atomic E-state index is 13.2. The molecular weight excluding hydrogens is 411 g/mol. The molecule has 0 radical (unpaired) electrons. The Morgan fingerprint density at radius 2 is 1.86 bits per heavy atom. The molecular formula is C21H27FN2O3S2. The summed E-state index contributed by atoms with van der Waals surface area (Å²) in [6, 6.07) is 6.21. The van der Waals surface area contributed by atoms with Crippen LogP contribution in [0.4, 0.5) is 4.39 Å². The minimum Gasteiger partial charge on any atom is -0.346 e. The summed E-state index contributed by atoms with van der Waals surface area (Å²) in [5, 5.41) is 0.604. The maximum Gasteiger partial charge on any atom is 0.248 e. The lowest BCUT2D eigenvalue weighted by Gasteiger charge is -2.24. The quantitative estimate of drug-likeness (QED) is 0.705. The number of amides is 1. The van der Waals surface area contributed by atoms with Gasteiger partial charge in [0.1, 0.15) is 5.82 Å². The molecule has 1 aromatic carbocycles. The summed E-state index contributed by atoms with van der Waals surface area (Å²) in [6.07, 6.45) is 6.97. The van der Waals surface area contributed by atoms with E-state index in [-0.39, 0.29) is 34.5 Å². The van der Waals surface area contributed by atoms with Gasteiger partial charge in [0.25, 0.3) is 0 Å². The number of halogens is 1. The first-order chi connectivity index (χ1) is 13.9. The largest absolute Gasteiger partial charge is 0.346 e.